The van der Waals surface area contributed by atoms with E-state index in [4.69, 9.17) is 10.5 Å². The summed E-state index contributed by atoms with van der Waals surface area (Å²) in [6.07, 6.45) is 0.907. The van der Waals surface area contributed by atoms with E-state index in [1.807, 2.05) is 37.3 Å². The largest absolute Gasteiger partial charge is 0.493 e. The van der Waals surface area contributed by atoms with Gasteiger partial charge in [0, 0.05) is 24.2 Å². The molecule has 0 aliphatic carbocycles. The molecule has 1 aromatic heterocycles. The highest BCUT2D eigenvalue weighted by Gasteiger charge is 2.13. The number of aliphatic hydroxyl groups excluding tert-OH is 1. The molecule has 0 radical (unpaired) electrons. The third-order valence-corrected chi connectivity index (χ3v) is 3.42. The summed E-state index contributed by atoms with van der Waals surface area (Å²) < 4.78 is 7.32. The lowest BCUT2D eigenvalue weighted by molar-refractivity contribution is 0.274. The van der Waals surface area contributed by atoms with Gasteiger partial charge in [0.05, 0.1) is 18.9 Å². The third-order valence-electron chi connectivity index (χ3n) is 3.42. The molecule has 22 heavy (non-hydrogen) atoms. The lowest BCUT2D eigenvalue weighted by atomic mass is 10.1. The zero-order chi connectivity index (χ0) is 15.9. The first kappa shape index (κ1) is 16.3. The van der Waals surface area contributed by atoms with Gasteiger partial charge in [0.15, 0.2) is 0 Å². The van der Waals surface area contributed by atoms with Crippen molar-refractivity contribution >= 4 is 0 Å². The number of rotatable bonds is 7. The molecule has 2 rings (SSSR count). The minimum atomic E-state index is -0.167. The van der Waals surface area contributed by atoms with Gasteiger partial charge in [-0.25, -0.2) is 0 Å². The smallest absolute Gasteiger partial charge is 0.255 e. The SMILES string of the molecule is CCCOc1ccccc1-c1ccc(CN)c(=O)n1CCO. The molecule has 2 aromatic rings. The van der Waals surface area contributed by atoms with Crippen molar-refractivity contribution in [1.29, 1.82) is 0 Å². The Bertz CT molecular complexity index is 680. The first-order chi connectivity index (χ1) is 10.7. The average molecular weight is 302 g/mol. The molecule has 5 heteroatoms. The molecule has 0 fully saturated rings. The molecule has 0 spiro atoms. The number of benzene rings is 1. The van der Waals surface area contributed by atoms with Gasteiger partial charge in [0.1, 0.15) is 5.75 Å². The van der Waals surface area contributed by atoms with Crippen molar-refractivity contribution < 1.29 is 9.84 Å². The highest BCUT2D eigenvalue weighted by atomic mass is 16.5. The van der Waals surface area contributed by atoms with Crippen molar-refractivity contribution in [2.75, 3.05) is 13.2 Å². The van der Waals surface area contributed by atoms with Gasteiger partial charge in [0.25, 0.3) is 5.56 Å². The zero-order valence-corrected chi connectivity index (χ0v) is 12.8. The number of ether oxygens (including phenoxy) is 1. The summed E-state index contributed by atoms with van der Waals surface area (Å²) in [5.74, 6) is 0.732. The van der Waals surface area contributed by atoms with Crippen LogP contribution in [0.25, 0.3) is 11.3 Å². The first-order valence-corrected chi connectivity index (χ1v) is 7.48. The van der Waals surface area contributed by atoms with Crippen LogP contribution in [0.5, 0.6) is 5.75 Å². The highest BCUT2D eigenvalue weighted by Crippen LogP contribution is 2.29. The van der Waals surface area contributed by atoms with Crippen LogP contribution in [-0.2, 0) is 13.1 Å². The number of aliphatic hydroxyl groups is 1. The Balaban J connectivity index is 2.57. The summed E-state index contributed by atoms with van der Waals surface area (Å²) >= 11 is 0. The van der Waals surface area contributed by atoms with Crippen LogP contribution in [0.1, 0.15) is 18.9 Å². The summed E-state index contributed by atoms with van der Waals surface area (Å²) in [5, 5.41) is 9.27. The van der Waals surface area contributed by atoms with E-state index in [2.05, 4.69) is 0 Å². The molecule has 1 heterocycles. The maximum Gasteiger partial charge on any atom is 0.255 e. The monoisotopic (exact) mass is 302 g/mol. The number of hydrogen-bond donors (Lipinski definition) is 2. The fraction of sp³-hybridized carbons (Fsp3) is 0.353. The molecule has 0 amide bonds. The van der Waals surface area contributed by atoms with Gasteiger partial charge >= 0.3 is 0 Å². The molecule has 1 aromatic carbocycles. The van der Waals surface area contributed by atoms with Gasteiger partial charge < -0.3 is 20.1 Å². The van der Waals surface area contributed by atoms with Gasteiger partial charge in [-0.2, -0.15) is 0 Å². The molecular formula is C17H22N2O3. The molecule has 0 atom stereocenters. The van der Waals surface area contributed by atoms with E-state index in [0.29, 0.717) is 12.2 Å². The number of nitrogens with zero attached hydrogens (tertiary/aromatic N) is 1. The molecule has 0 saturated heterocycles. The topological polar surface area (TPSA) is 77.5 Å². The second kappa shape index (κ2) is 7.77. The summed E-state index contributed by atoms with van der Waals surface area (Å²) in [4.78, 5) is 12.4. The Morgan fingerprint density at radius 2 is 2.00 bits per heavy atom. The van der Waals surface area contributed by atoms with E-state index in [0.717, 1.165) is 23.4 Å². The lowest BCUT2D eigenvalue weighted by Gasteiger charge is -2.16. The standard InChI is InChI=1S/C17H22N2O3/c1-2-11-22-16-6-4-3-5-14(16)15-8-7-13(12-18)17(21)19(15)9-10-20/h3-8,20H,2,9-12,18H2,1H3. The van der Waals surface area contributed by atoms with Crippen LogP contribution in [-0.4, -0.2) is 22.9 Å². The third kappa shape index (κ3) is 3.37. The number of hydrogen-bond acceptors (Lipinski definition) is 4. The van der Waals surface area contributed by atoms with Crippen molar-refractivity contribution in [1.82, 2.24) is 4.57 Å². The minimum absolute atomic E-state index is 0.112. The Morgan fingerprint density at radius 1 is 1.23 bits per heavy atom. The lowest BCUT2D eigenvalue weighted by Crippen LogP contribution is -2.27. The maximum atomic E-state index is 12.4. The first-order valence-electron chi connectivity index (χ1n) is 7.48. The highest BCUT2D eigenvalue weighted by molar-refractivity contribution is 5.67. The summed E-state index contributed by atoms with van der Waals surface area (Å²) in [6, 6.07) is 11.2. The Morgan fingerprint density at radius 3 is 2.68 bits per heavy atom. The van der Waals surface area contributed by atoms with E-state index >= 15 is 0 Å². The predicted octanol–water partition coefficient (Wildman–Crippen LogP) is 1.76. The molecule has 3 N–H and O–H groups in total. The number of nitrogens with two attached hydrogens (primary N) is 1. The van der Waals surface area contributed by atoms with Crippen LogP contribution in [0.4, 0.5) is 0 Å². The molecule has 0 saturated carbocycles. The fourth-order valence-corrected chi connectivity index (χ4v) is 2.35. The van der Waals surface area contributed by atoms with Crippen LogP contribution in [0.3, 0.4) is 0 Å². The van der Waals surface area contributed by atoms with Crippen LogP contribution in [0, 0.1) is 0 Å². The van der Waals surface area contributed by atoms with E-state index in [1.165, 1.54) is 0 Å². The second-order valence-electron chi connectivity index (χ2n) is 4.97. The number of aromatic nitrogens is 1. The van der Waals surface area contributed by atoms with Gasteiger partial charge in [-0.3, -0.25) is 4.79 Å². The van der Waals surface area contributed by atoms with Crippen molar-refractivity contribution in [3.05, 3.63) is 52.3 Å². The fourth-order valence-electron chi connectivity index (χ4n) is 2.35. The number of para-hydroxylation sites is 1. The van der Waals surface area contributed by atoms with Crippen molar-refractivity contribution in [2.24, 2.45) is 5.73 Å². The molecule has 5 nitrogen and oxygen atoms in total. The van der Waals surface area contributed by atoms with Gasteiger partial charge in [-0.05, 0) is 24.6 Å². The van der Waals surface area contributed by atoms with Crippen LogP contribution in [0.2, 0.25) is 0 Å². The maximum absolute atomic E-state index is 12.4. The Kier molecular flexibility index (Phi) is 5.75. The van der Waals surface area contributed by atoms with E-state index in [1.54, 1.807) is 10.6 Å². The minimum Gasteiger partial charge on any atom is -0.493 e. The van der Waals surface area contributed by atoms with E-state index in [9.17, 15) is 9.90 Å². The van der Waals surface area contributed by atoms with E-state index < -0.39 is 0 Å². The normalized spacial score (nSPS) is 10.7. The van der Waals surface area contributed by atoms with Gasteiger partial charge in [0.2, 0.25) is 0 Å². The average Bonchev–Trinajstić information content (AvgIpc) is 2.55. The van der Waals surface area contributed by atoms with E-state index in [-0.39, 0.29) is 25.3 Å². The molecule has 118 valence electrons. The molecule has 0 aliphatic rings. The zero-order valence-electron chi connectivity index (χ0n) is 12.8. The summed E-state index contributed by atoms with van der Waals surface area (Å²) in [7, 11) is 0. The van der Waals surface area contributed by atoms with Crippen molar-refractivity contribution in [2.45, 2.75) is 26.4 Å². The Labute approximate surface area is 130 Å². The second-order valence-corrected chi connectivity index (χ2v) is 4.97. The van der Waals surface area contributed by atoms with Crippen LogP contribution in [0.15, 0.2) is 41.2 Å². The molecular weight excluding hydrogens is 280 g/mol. The molecule has 0 aliphatic heterocycles. The van der Waals surface area contributed by atoms with Crippen molar-refractivity contribution in [3.8, 4) is 17.0 Å². The summed E-state index contributed by atoms with van der Waals surface area (Å²) in [6.45, 7) is 2.95. The van der Waals surface area contributed by atoms with Crippen molar-refractivity contribution in [3.63, 3.8) is 0 Å². The molecule has 0 bridgehead atoms. The van der Waals surface area contributed by atoms with Crippen LogP contribution < -0.4 is 16.0 Å². The van der Waals surface area contributed by atoms with Gasteiger partial charge in [-0.1, -0.05) is 25.1 Å². The molecule has 0 unspecified atom stereocenters. The Hall–Kier alpha value is -2.11. The van der Waals surface area contributed by atoms with Crippen LogP contribution >= 0.6 is 0 Å². The quantitative estimate of drug-likeness (QED) is 0.817. The van der Waals surface area contributed by atoms with Gasteiger partial charge in [-0.15, -0.1) is 0 Å². The summed E-state index contributed by atoms with van der Waals surface area (Å²) in [5.41, 5.74) is 7.53. The predicted molar refractivity (Wildman–Crippen MR) is 86.9 cm³/mol. The number of pyridine rings is 1.